The van der Waals surface area contributed by atoms with E-state index in [0.29, 0.717) is 12.0 Å². The first-order chi connectivity index (χ1) is 10.2. The second-order valence-corrected chi connectivity index (χ2v) is 5.23. The second-order valence-electron chi connectivity index (χ2n) is 5.23. The summed E-state index contributed by atoms with van der Waals surface area (Å²) in [5.41, 5.74) is 2.19. The van der Waals surface area contributed by atoms with Crippen LogP contribution in [0, 0.1) is 0 Å². The normalized spacial score (nSPS) is 12.5. The lowest BCUT2D eigenvalue weighted by Gasteiger charge is -2.14. The fourth-order valence-corrected chi connectivity index (χ4v) is 2.63. The Hall–Kier alpha value is -2.39. The van der Waals surface area contributed by atoms with Gasteiger partial charge in [-0.25, -0.2) is 0 Å². The summed E-state index contributed by atoms with van der Waals surface area (Å²) in [5.74, 6) is 0. The van der Waals surface area contributed by atoms with E-state index < -0.39 is 6.10 Å². The van der Waals surface area contributed by atoms with E-state index in [2.05, 4.69) is 0 Å². The van der Waals surface area contributed by atoms with Gasteiger partial charge in [0.2, 0.25) is 0 Å². The van der Waals surface area contributed by atoms with Crippen molar-refractivity contribution in [3.8, 4) is 0 Å². The molecule has 0 saturated heterocycles. The van der Waals surface area contributed by atoms with Crippen LogP contribution in [-0.4, -0.2) is 9.67 Å². The molecule has 1 atom stereocenters. The lowest BCUT2D eigenvalue weighted by Crippen LogP contribution is -2.24. The van der Waals surface area contributed by atoms with Gasteiger partial charge in [-0.15, -0.1) is 0 Å². The molecular formula is C18H17NO2. The third kappa shape index (κ3) is 2.60. The number of aryl methyl sites for hydroxylation is 1. The molecule has 0 aliphatic heterocycles. The first kappa shape index (κ1) is 13.6. The van der Waals surface area contributed by atoms with Crippen molar-refractivity contribution in [2.45, 2.75) is 12.5 Å². The van der Waals surface area contributed by atoms with Crippen molar-refractivity contribution in [2.75, 3.05) is 0 Å². The first-order valence-corrected chi connectivity index (χ1v) is 6.97. The third-order valence-corrected chi connectivity index (χ3v) is 3.79. The monoisotopic (exact) mass is 279 g/mol. The quantitative estimate of drug-likeness (QED) is 0.801. The van der Waals surface area contributed by atoms with Gasteiger partial charge in [0.1, 0.15) is 0 Å². The molecule has 0 amide bonds. The van der Waals surface area contributed by atoms with Gasteiger partial charge in [-0.3, -0.25) is 4.79 Å². The van der Waals surface area contributed by atoms with Crippen molar-refractivity contribution >= 4 is 10.9 Å². The molecule has 106 valence electrons. The molecule has 0 radical (unpaired) electrons. The standard InChI is InChI=1S/C18H17NO2/c1-19-16-10-6-5-9-14(16)12-15(18(19)21)17(20)11-13-7-3-2-4-8-13/h2-10,12,17,20H,11H2,1H3. The molecular weight excluding hydrogens is 262 g/mol. The van der Waals surface area contributed by atoms with E-state index >= 15 is 0 Å². The molecule has 1 aromatic heterocycles. The lowest BCUT2D eigenvalue weighted by atomic mass is 10.0. The van der Waals surface area contributed by atoms with Crippen LogP contribution in [0.25, 0.3) is 10.9 Å². The molecule has 3 heteroatoms. The average molecular weight is 279 g/mol. The van der Waals surface area contributed by atoms with Gasteiger partial charge in [-0.2, -0.15) is 0 Å². The Morgan fingerprint density at radius 1 is 1.05 bits per heavy atom. The molecule has 0 spiro atoms. The zero-order valence-electron chi connectivity index (χ0n) is 11.9. The Balaban J connectivity index is 2.04. The number of para-hydroxylation sites is 1. The predicted octanol–water partition coefficient (Wildman–Crippen LogP) is 2.81. The van der Waals surface area contributed by atoms with Gasteiger partial charge in [0.15, 0.2) is 0 Å². The zero-order chi connectivity index (χ0) is 14.8. The van der Waals surface area contributed by atoms with E-state index in [4.69, 9.17) is 0 Å². The fourth-order valence-electron chi connectivity index (χ4n) is 2.63. The Morgan fingerprint density at radius 2 is 1.71 bits per heavy atom. The van der Waals surface area contributed by atoms with E-state index in [1.807, 2.05) is 54.6 Å². The highest BCUT2D eigenvalue weighted by molar-refractivity contribution is 5.79. The van der Waals surface area contributed by atoms with Crippen LogP contribution in [0.15, 0.2) is 65.5 Å². The Kier molecular flexibility index (Phi) is 3.59. The minimum Gasteiger partial charge on any atom is -0.388 e. The van der Waals surface area contributed by atoms with Crippen molar-refractivity contribution in [3.63, 3.8) is 0 Å². The topological polar surface area (TPSA) is 42.2 Å². The minimum atomic E-state index is -0.796. The van der Waals surface area contributed by atoms with Crippen molar-refractivity contribution < 1.29 is 5.11 Å². The second kappa shape index (κ2) is 5.54. The summed E-state index contributed by atoms with van der Waals surface area (Å²) in [4.78, 5) is 12.4. The Bertz CT molecular complexity index is 821. The van der Waals surface area contributed by atoms with E-state index in [1.165, 1.54) is 0 Å². The van der Waals surface area contributed by atoms with Crippen molar-refractivity contribution in [1.29, 1.82) is 0 Å². The summed E-state index contributed by atoms with van der Waals surface area (Å²) < 4.78 is 1.60. The molecule has 3 aromatic rings. The van der Waals surface area contributed by atoms with Crippen LogP contribution in [0.5, 0.6) is 0 Å². The molecule has 21 heavy (non-hydrogen) atoms. The van der Waals surface area contributed by atoms with Gasteiger partial charge in [0.25, 0.3) is 5.56 Å². The molecule has 1 heterocycles. The van der Waals surface area contributed by atoms with Crippen LogP contribution >= 0.6 is 0 Å². The average Bonchev–Trinajstić information content (AvgIpc) is 2.52. The van der Waals surface area contributed by atoms with Crippen molar-refractivity contribution in [1.82, 2.24) is 4.57 Å². The van der Waals surface area contributed by atoms with Crippen LogP contribution in [0.2, 0.25) is 0 Å². The molecule has 0 fully saturated rings. The van der Waals surface area contributed by atoms with Gasteiger partial charge >= 0.3 is 0 Å². The van der Waals surface area contributed by atoms with E-state index in [0.717, 1.165) is 16.5 Å². The number of hydrogen-bond donors (Lipinski definition) is 1. The first-order valence-electron chi connectivity index (χ1n) is 6.97. The summed E-state index contributed by atoms with van der Waals surface area (Å²) in [5, 5.41) is 11.4. The number of aliphatic hydroxyl groups is 1. The number of fused-ring (bicyclic) bond motifs is 1. The highest BCUT2D eigenvalue weighted by Gasteiger charge is 2.15. The number of rotatable bonds is 3. The summed E-state index contributed by atoms with van der Waals surface area (Å²) in [6.07, 6.45) is -0.357. The number of hydrogen-bond acceptors (Lipinski definition) is 2. The Labute approximate surface area is 123 Å². The van der Waals surface area contributed by atoms with Crippen LogP contribution in [0.4, 0.5) is 0 Å². The molecule has 1 N–H and O–H groups in total. The van der Waals surface area contributed by atoms with Crippen LogP contribution < -0.4 is 5.56 Å². The van der Waals surface area contributed by atoms with Gasteiger partial charge in [-0.05, 0) is 23.1 Å². The van der Waals surface area contributed by atoms with Gasteiger partial charge in [-0.1, -0.05) is 48.5 Å². The maximum absolute atomic E-state index is 12.4. The third-order valence-electron chi connectivity index (χ3n) is 3.79. The Morgan fingerprint density at radius 3 is 2.48 bits per heavy atom. The molecule has 0 aliphatic rings. The minimum absolute atomic E-state index is 0.142. The van der Waals surface area contributed by atoms with Gasteiger partial charge in [0.05, 0.1) is 11.6 Å². The molecule has 0 aliphatic carbocycles. The van der Waals surface area contributed by atoms with Crippen LogP contribution in [0.1, 0.15) is 17.2 Å². The molecule has 0 bridgehead atoms. The molecule has 1 unspecified atom stereocenters. The van der Waals surface area contributed by atoms with Crippen molar-refractivity contribution in [2.24, 2.45) is 7.05 Å². The highest BCUT2D eigenvalue weighted by atomic mass is 16.3. The number of nitrogens with zero attached hydrogens (tertiary/aromatic N) is 1. The summed E-state index contributed by atoms with van der Waals surface area (Å²) in [6, 6.07) is 19.2. The SMILES string of the molecule is Cn1c(=O)c(C(O)Cc2ccccc2)cc2ccccc21. The summed E-state index contributed by atoms with van der Waals surface area (Å²) in [7, 11) is 1.74. The molecule has 0 saturated carbocycles. The van der Waals surface area contributed by atoms with Gasteiger partial charge in [0, 0.05) is 19.0 Å². The fraction of sp³-hybridized carbons (Fsp3) is 0.167. The summed E-state index contributed by atoms with van der Waals surface area (Å²) in [6.45, 7) is 0. The number of pyridine rings is 1. The maximum Gasteiger partial charge on any atom is 0.256 e. The largest absolute Gasteiger partial charge is 0.388 e. The molecule has 3 rings (SSSR count). The predicted molar refractivity (Wildman–Crippen MR) is 84.3 cm³/mol. The van der Waals surface area contributed by atoms with Crippen molar-refractivity contribution in [3.05, 3.63) is 82.1 Å². The highest BCUT2D eigenvalue weighted by Crippen LogP contribution is 2.19. The summed E-state index contributed by atoms with van der Waals surface area (Å²) >= 11 is 0. The lowest BCUT2D eigenvalue weighted by molar-refractivity contribution is 0.176. The molecule has 2 aromatic carbocycles. The van der Waals surface area contributed by atoms with Gasteiger partial charge < -0.3 is 9.67 Å². The molecule has 3 nitrogen and oxygen atoms in total. The zero-order valence-corrected chi connectivity index (χ0v) is 11.9. The number of aliphatic hydroxyl groups excluding tert-OH is 1. The van der Waals surface area contributed by atoms with E-state index in [9.17, 15) is 9.90 Å². The van der Waals surface area contributed by atoms with Crippen LogP contribution in [0.3, 0.4) is 0 Å². The van der Waals surface area contributed by atoms with E-state index in [-0.39, 0.29) is 5.56 Å². The number of aromatic nitrogens is 1. The number of benzene rings is 2. The van der Waals surface area contributed by atoms with Crippen LogP contribution in [-0.2, 0) is 13.5 Å². The maximum atomic E-state index is 12.4. The smallest absolute Gasteiger partial charge is 0.256 e. The van der Waals surface area contributed by atoms with E-state index in [1.54, 1.807) is 17.7 Å².